The SMILES string of the molecule is CC(C)(C)OC(=O)N1CCC(c2cc(=O)[nH]c3cc(-c4ccc(F)cc4)nn23)CC1. The maximum Gasteiger partial charge on any atom is 0.410 e. The Bertz CT molecular complexity index is 1120. The van der Waals surface area contributed by atoms with Gasteiger partial charge >= 0.3 is 6.09 Å². The van der Waals surface area contributed by atoms with Gasteiger partial charge in [0.15, 0.2) is 0 Å². The highest BCUT2D eigenvalue weighted by molar-refractivity contribution is 5.68. The first kappa shape index (κ1) is 20.1. The number of nitrogens with zero attached hydrogens (tertiary/aromatic N) is 3. The summed E-state index contributed by atoms with van der Waals surface area (Å²) in [5, 5.41) is 4.65. The number of halogens is 1. The maximum atomic E-state index is 13.2. The summed E-state index contributed by atoms with van der Waals surface area (Å²) < 4.78 is 20.4. The van der Waals surface area contributed by atoms with Crippen molar-refractivity contribution in [2.75, 3.05) is 13.1 Å². The van der Waals surface area contributed by atoms with E-state index in [9.17, 15) is 14.0 Å². The summed E-state index contributed by atoms with van der Waals surface area (Å²) >= 11 is 0. The molecule has 3 aromatic rings. The van der Waals surface area contributed by atoms with Gasteiger partial charge in [0.1, 0.15) is 17.1 Å². The fourth-order valence-electron chi connectivity index (χ4n) is 3.76. The Balaban J connectivity index is 1.58. The molecule has 1 aliphatic rings. The van der Waals surface area contributed by atoms with Gasteiger partial charge in [0.25, 0.3) is 5.56 Å². The highest BCUT2D eigenvalue weighted by Gasteiger charge is 2.29. The number of H-pyrrole nitrogens is 1. The van der Waals surface area contributed by atoms with Gasteiger partial charge in [-0.3, -0.25) is 4.79 Å². The molecule has 158 valence electrons. The molecule has 0 radical (unpaired) electrons. The number of likely N-dealkylation sites (tertiary alicyclic amines) is 1. The summed E-state index contributed by atoms with van der Waals surface area (Å²) in [4.78, 5) is 29.1. The summed E-state index contributed by atoms with van der Waals surface area (Å²) in [5.41, 5.74) is 2.10. The molecule has 1 aromatic carbocycles. The minimum absolute atomic E-state index is 0.0921. The molecule has 1 fully saturated rings. The van der Waals surface area contributed by atoms with Crippen molar-refractivity contribution in [1.82, 2.24) is 19.5 Å². The van der Waals surface area contributed by atoms with Crippen molar-refractivity contribution in [2.45, 2.75) is 45.1 Å². The highest BCUT2D eigenvalue weighted by atomic mass is 19.1. The molecule has 0 atom stereocenters. The van der Waals surface area contributed by atoms with E-state index in [4.69, 9.17) is 4.74 Å². The summed E-state index contributed by atoms with van der Waals surface area (Å²) in [6.07, 6.45) is 1.11. The number of ether oxygens (including phenoxy) is 1. The van der Waals surface area contributed by atoms with Gasteiger partial charge in [0, 0.05) is 36.7 Å². The molecule has 1 aliphatic heterocycles. The van der Waals surface area contributed by atoms with Gasteiger partial charge in [-0.05, 0) is 57.9 Å². The van der Waals surface area contributed by atoms with Crippen LogP contribution >= 0.6 is 0 Å². The largest absolute Gasteiger partial charge is 0.444 e. The number of aromatic nitrogens is 3. The average Bonchev–Trinajstić information content (AvgIpc) is 3.10. The van der Waals surface area contributed by atoms with Crippen molar-refractivity contribution in [3.05, 3.63) is 58.3 Å². The number of aromatic amines is 1. The van der Waals surface area contributed by atoms with Crippen molar-refractivity contribution in [3.8, 4) is 11.3 Å². The van der Waals surface area contributed by atoms with Crippen molar-refractivity contribution >= 4 is 11.7 Å². The number of hydrogen-bond acceptors (Lipinski definition) is 4. The lowest BCUT2D eigenvalue weighted by molar-refractivity contribution is 0.0203. The first-order valence-electron chi connectivity index (χ1n) is 10.1. The Morgan fingerprint density at radius 2 is 1.83 bits per heavy atom. The average molecular weight is 412 g/mol. The minimum Gasteiger partial charge on any atom is -0.444 e. The molecule has 1 amide bonds. The molecule has 1 N–H and O–H groups in total. The van der Waals surface area contributed by atoms with Crippen LogP contribution in [0.5, 0.6) is 0 Å². The molecule has 0 bridgehead atoms. The molecule has 0 spiro atoms. The maximum absolute atomic E-state index is 13.2. The fourth-order valence-corrected chi connectivity index (χ4v) is 3.76. The zero-order chi connectivity index (χ0) is 21.5. The topological polar surface area (TPSA) is 79.7 Å². The summed E-state index contributed by atoms with van der Waals surface area (Å²) in [6, 6.07) is 9.45. The number of piperidine rings is 1. The molecule has 0 saturated carbocycles. The van der Waals surface area contributed by atoms with Gasteiger partial charge in [-0.25, -0.2) is 13.7 Å². The van der Waals surface area contributed by atoms with E-state index in [1.54, 1.807) is 33.7 Å². The predicted octanol–water partition coefficient (Wildman–Crippen LogP) is 3.94. The Morgan fingerprint density at radius 1 is 1.17 bits per heavy atom. The number of carbonyl (C=O) groups is 1. The molecule has 8 heteroatoms. The standard InChI is InChI=1S/C22H25FN4O3/c1-22(2,3)30-21(29)26-10-8-15(9-11-26)18-13-20(28)24-19-12-17(25-27(18)19)14-4-6-16(23)7-5-14/h4-7,12-13,15H,8-11H2,1-3H3,(H,24,28). The van der Waals surface area contributed by atoms with E-state index in [1.165, 1.54) is 12.1 Å². The van der Waals surface area contributed by atoms with Gasteiger partial charge < -0.3 is 14.6 Å². The summed E-state index contributed by atoms with van der Waals surface area (Å²) in [5.74, 6) is -0.220. The highest BCUT2D eigenvalue weighted by Crippen LogP contribution is 2.29. The second kappa shape index (κ2) is 7.59. The third kappa shape index (κ3) is 4.22. The number of amides is 1. The van der Waals surface area contributed by atoms with E-state index in [0.29, 0.717) is 37.3 Å². The summed E-state index contributed by atoms with van der Waals surface area (Å²) in [6.45, 7) is 6.66. The van der Waals surface area contributed by atoms with Crippen molar-refractivity contribution in [2.24, 2.45) is 0 Å². The van der Waals surface area contributed by atoms with Crippen molar-refractivity contribution in [3.63, 3.8) is 0 Å². The first-order chi connectivity index (χ1) is 14.2. The van der Waals surface area contributed by atoms with Gasteiger partial charge in [-0.2, -0.15) is 5.10 Å². The van der Waals surface area contributed by atoms with Crippen LogP contribution in [0, 0.1) is 5.82 Å². The van der Waals surface area contributed by atoms with E-state index in [1.807, 2.05) is 20.8 Å². The second-order valence-electron chi connectivity index (χ2n) is 8.63. The van der Waals surface area contributed by atoms with E-state index < -0.39 is 5.60 Å². The van der Waals surface area contributed by atoms with Crippen LogP contribution in [0.3, 0.4) is 0 Å². The Labute approximate surface area is 173 Å². The number of hydrogen-bond donors (Lipinski definition) is 1. The minimum atomic E-state index is -0.529. The van der Waals surface area contributed by atoms with Crippen LogP contribution in [0.25, 0.3) is 16.9 Å². The number of carbonyl (C=O) groups excluding carboxylic acids is 1. The smallest absolute Gasteiger partial charge is 0.410 e. The zero-order valence-electron chi connectivity index (χ0n) is 17.3. The molecule has 0 unspecified atom stereocenters. The number of rotatable bonds is 2. The molecular weight excluding hydrogens is 387 g/mol. The van der Waals surface area contributed by atoms with Crippen LogP contribution in [0.4, 0.5) is 9.18 Å². The molecule has 0 aliphatic carbocycles. The Kier molecular flexibility index (Phi) is 5.09. The first-order valence-corrected chi connectivity index (χ1v) is 10.1. The number of fused-ring (bicyclic) bond motifs is 1. The third-order valence-corrected chi connectivity index (χ3v) is 5.19. The van der Waals surface area contributed by atoms with E-state index >= 15 is 0 Å². The summed E-state index contributed by atoms with van der Waals surface area (Å²) in [7, 11) is 0. The van der Waals surface area contributed by atoms with Gasteiger partial charge in [-0.1, -0.05) is 0 Å². The lowest BCUT2D eigenvalue weighted by atomic mass is 9.93. The van der Waals surface area contributed by atoms with Crippen molar-refractivity contribution in [1.29, 1.82) is 0 Å². The quantitative estimate of drug-likeness (QED) is 0.691. The van der Waals surface area contributed by atoms with E-state index in [2.05, 4.69) is 10.1 Å². The molecule has 2 aromatic heterocycles. The van der Waals surface area contributed by atoms with E-state index in [-0.39, 0.29) is 23.4 Å². The van der Waals surface area contributed by atoms with Crippen LogP contribution in [-0.2, 0) is 4.74 Å². The van der Waals surface area contributed by atoms with Crippen LogP contribution in [0.1, 0.15) is 45.2 Å². The van der Waals surface area contributed by atoms with Gasteiger partial charge in [0.2, 0.25) is 0 Å². The lowest BCUT2D eigenvalue weighted by Gasteiger charge is -2.33. The molecule has 1 saturated heterocycles. The van der Waals surface area contributed by atoms with Crippen LogP contribution < -0.4 is 5.56 Å². The molecule has 30 heavy (non-hydrogen) atoms. The Hall–Kier alpha value is -3.16. The predicted molar refractivity (Wildman–Crippen MR) is 111 cm³/mol. The molecular formula is C22H25FN4O3. The Morgan fingerprint density at radius 3 is 2.47 bits per heavy atom. The number of benzene rings is 1. The normalized spacial score (nSPS) is 15.5. The fraction of sp³-hybridized carbons (Fsp3) is 0.409. The van der Waals surface area contributed by atoms with Gasteiger partial charge in [-0.15, -0.1) is 0 Å². The number of nitrogens with one attached hydrogen (secondary N) is 1. The lowest BCUT2D eigenvalue weighted by Crippen LogP contribution is -2.41. The zero-order valence-corrected chi connectivity index (χ0v) is 17.3. The monoisotopic (exact) mass is 412 g/mol. The molecule has 7 nitrogen and oxygen atoms in total. The third-order valence-electron chi connectivity index (χ3n) is 5.19. The van der Waals surface area contributed by atoms with Crippen molar-refractivity contribution < 1.29 is 13.9 Å². The van der Waals surface area contributed by atoms with Crippen LogP contribution in [-0.4, -0.2) is 44.3 Å². The molecule has 4 rings (SSSR count). The van der Waals surface area contributed by atoms with Crippen LogP contribution in [0.2, 0.25) is 0 Å². The second-order valence-corrected chi connectivity index (χ2v) is 8.63. The van der Waals surface area contributed by atoms with Crippen LogP contribution in [0.15, 0.2) is 41.2 Å². The molecule has 3 heterocycles. The van der Waals surface area contributed by atoms with Gasteiger partial charge in [0.05, 0.1) is 11.4 Å². The van der Waals surface area contributed by atoms with E-state index in [0.717, 1.165) is 11.3 Å².